The molecule has 1 rings (SSSR count). The average Bonchev–Trinajstić information content (AvgIpc) is 2.95. The highest BCUT2D eigenvalue weighted by Gasteiger charge is 2.67. The van der Waals surface area contributed by atoms with E-state index in [0.717, 1.165) is 0 Å². The molecule has 6 heteroatoms. The summed E-state index contributed by atoms with van der Waals surface area (Å²) >= 11 is 0. The second-order valence-electron chi connectivity index (χ2n) is 3.45. The quantitative estimate of drug-likeness (QED) is 0.648. The molecule has 2 unspecified atom stereocenters. The van der Waals surface area contributed by atoms with Gasteiger partial charge in [-0.15, -0.1) is 0 Å². The molecular formula is C9H13NO4S. The standard InChI is InChI=1S/C9H13NO4S/c1-3-14-8(11)9(6-10)5-7(9)15(12,13)4-2/h7H,3-5H2,1-2H3. The van der Waals surface area contributed by atoms with Crippen molar-refractivity contribution in [1.82, 2.24) is 0 Å². The largest absolute Gasteiger partial charge is 0.465 e. The summed E-state index contributed by atoms with van der Waals surface area (Å²) in [4.78, 5) is 11.4. The monoisotopic (exact) mass is 231 g/mol. The van der Waals surface area contributed by atoms with Gasteiger partial charge >= 0.3 is 5.97 Å². The first kappa shape index (κ1) is 12.0. The molecule has 0 bridgehead atoms. The summed E-state index contributed by atoms with van der Waals surface area (Å²) in [6, 6.07) is 1.77. The molecular weight excluding hydrogens is 218 g/mol. The minimum atomic E-state index is -3.33. The minimum absolute atomic E-state index is 0.0551. The van der Waals surface area contributed by atoms with Crippen LogP contribution in [0.25, 0.3) is 0 Å². The van der Waals surface area contributed by atoms with Crippen molar-refractivity contribution in [3.8, 4) is 6.07 Å². The fraction of sp³-hybridized carbons (Fsp3) is 0.778. The molecule has 0 aromatic heterocycles. The van der Waals surface area contributed by atoms with Gasteiger partial charge in [0, 0.05) is 5.75 Å². The number of carbonyl (C=O) groups excluding carboxylic acids is 1. The number of sulfone groups is 1. The molecule has 2 atom stereocenters. The van der Waals surface area contributed by atoms with Crippen LogP contribution >= 0.6 is 0 Å². The summed E-state index contributed by atoms with van der Waals surface area (Å²) < 4.78 is 27.7. The number of carbonyl (C=O) groups is 1. The summed E-state index contributed by atoms with van der Waals surface area (Å²) in [5.74, 6) is -0.768. The molecule has 0 aromatic carbocycles. The van der Waals surface area contributed by atoms with Gasteiger partial charge in [0.15, 0.2) is 15.3 Å². The summed E-state index contributed by atoms with van der Waals surface area (Å²) in [6.07, 6.45) is 0.0680. The van der Waals surface area contributed by atoms with E-state index in [1.54, 1.807) is 13.0 Å². The molecule has 0 N–H and O–H groups in total. The molecule has 1 aliphatic rings. The van der Waals surface area contributed by atoms with E-state index < -0.39 is 26.5 Å². The van der Waals surface area contributed by atoms with Crippen molar-refractivity contribution < 1.29 is 17.9 Å². The van der Waals surface area contributed by atoms with Crippen molar-refractivity contribution in [2.45, 2.75) is 25.5 Å². The lowest BCUT2D eigenvalue weighted by Gasteiger charge is -2.07. The Morgan fingerprint density at radius 2 is 2.20 bits per heavy atom. The molecule has 1 fully saturated rings. The Morgan fingerprint density at radius 3 is 2.60 bits per heavy atom. The molecule has 0 aromatic rings. The van der Waals surface area contributed by atoms with Crippen LogP contribution in [0.15, 0.2) is 0 Å². The second kappa shape index (κ2) is 3.81. The van der Waals surface area contributed by atoms with Gasteiger partial charge in [-0.05, 0) is 13.3 Å². The second-order valence-corrected chi connectivity index (χ2v) is 5.92. The summed E-state index contributed by atoms with van der Waals surface area (Å²) in [6.45, 7) is 3.27. The van der Waals surface area contributed by atoms with E-state index in [4.69, 9.17) is 10.00 Å². The Hall–Kier alpha value is -1.09. The first-order chi connectivity index (χ1) is 6.94. The van der Waals surface area contributed by atoms with Crippen molar-refractivity contribution >= 4 is 15.8 Å². The maximum Gasteiger partial charge on any atom is 0.327 e. The van der Waals surface area contributed by atoms with Crippen LogP contribution < -0.4 is 0 Å². The van der Waals surface area contributed by atoms with Crippen molar-refractivity contribution in [2.24, 2.45) is 5.41 Å². The molecule has 0 amide bonds. The van der Waals surface area contributed by atoms with Crippen LogP contribution in [0.3, 0.4) is 0 Å². The minimum Gasteiger partial charge on any atom is -0.465 e. The Morgan fingerprint density at radius 1 is 1.60 bits per heavy atom. The molecule has 1 aliphatic carbocycles. The van der Waals surface area contributed by atoms with E-state index >= 15 is 0 Å². The average molecular weight is 231 g/mol. The lowest BCUT2D eigenvalue weighted by Crippen LogP contribution is -2.25. The van der Waals surface area contributed by atoms with Gasteiger partial charge in [0.05, 0.1) is 17.9 Å². The third-order valence-corrected chi connectivity index (χ3v) is 4.81. The van der Waals surface area contributed by atoms with Gasteiger partial charge in [-0.25, -0.2) is 8.42 Å². The molecule has 0 spiro atoms. The predicted octanol–water partition coefficient (Wildman–Crippen LogP) is 0.266. The van der Waals surface area contributed by atoms with Crippen molar-refractivity contribution in [3.63, 3.8) is 0 Å². The van der Waals surface area contributed by atoms with Crippen LogP contribution in [0.5, 0.6) is 0 Å². The molecule has 0 heterocycles. The van der Waals surface area contributed by atoms with Gasteiger partial charge in [0.1, 0.15) is 0 Å². The van der Waals surface area contributed by atoms with E-state index in [2.05, 4.69) is 0 Å². The van der Waals surface area contributed by atoms with Crippen LogP contribution in [0.1, 0.15) is 20.3 Å². The lowest BCUT2D eigenvalue weighted by molar-refractivity contribution is -0.147. The van der Waals surface area contributed by atoms with Gasteiger partial charge in [-0.1, -0.05) is 6.92 Å². The number of nitrogens with zero attached hydrogens (tertiary/aromatic N) is 1. The van der Waals surface area contributed by atoms with E-state index in [9.17, 15) is 13.2 Å². The van der Waals surface area contributed by atoms with Gasteiger partial charge in [0.2, 0.25) is 0 Å². The van der Waals surface area contributed by atoms with E-state index in [-0.39, 0.29) is 18.8 Å². The van der Waals surface area contributed by atoms with Crippen LogP contribution in [0.2, 0.25) is 0 Å². The number of rotatable bonds is 4. The van der Waals surface area contributed by atoms with E-state index in [1.165, 1.54) is 6.92 Å². The van der Waals surface area contributed by atoms with Gasteiger partial charge in [-0.2, -0.15) is 5.26 Å². The number of ether oxygens (including phenoxy) is 1. The Balaban J connectivity index is 2.89. The first-order valence-corrected chi connectivity index (χ1v) is 6.46. The highest BCUT2D eigenvalue weighted by Crippen LogP contribution is 2.51. The van der Waals surface area contributed by atoms with Crippen LogP contribution in [-0.2, 0) is 19.4 Å². The Labute approximate surface area is 88.9 Å². The van der Waals surface area contributed by atoms with Gasteiger partial charge in [0.25, 0.3) is 0 Å². The molecule has 84 valence electrons. The molecule has 0 radical (unpaired) electrons. The molecule has 5 nitrogen and oxygen atoms in total. The predicted molar refractivity (Wildman–Crippen MR) is 52.5 cm³/mol. The normalized spacial score (nSPS) is 29.3. The van der Waals surface area contributed by atoms with Crippen molar-refractivity contribution in [3.05, 3.63) is 0 Å². The first-order valence-electron chi connectivity index (χ1n) is 4.74. The van der Waals surface area contributed by atoms with Crippen LogP contribution in [-0.4, -0.2) is 32.0 Å². The molecule has 15 heavy (non-hydrogen) atoms. The Kier molecular flexibility index (Phi) is 3.05. The number of esters is 1. The van der Waals surface area contributed by atoms with Crippen LogP contribution in [0.4, 0.5) is 0 Å². The summed E-state index contributed by atoms with van der Waals surface area (Å²) in [7, 11) is -3.33. The maximum absolute atomic E-state index is 11.5. The zero-order valence-corrected chi connectivity index (χ0v) is 9.50. The number of hydrogen-bond acceptors (Lipinski definition) is 5. The van der Waals surface area contributed by atoms with E-state index in [1.807, 2.05) is 0 Å². The van der Waals surface area contributed by atoms with E-state index in [0.29, 0.717) is 0 Å². The highest BCUT2D eigenvalue weighted by atomic mass is 32.2. The third kappa shape index (κ3) is 1.84. The maximum atomic E-state index is 11.5. The van der Waals surface area contributed by atoms with Crippen molar-refractivity contribution in [1.29, 1.82) is 5.26 Å². The fourth-order valence-corrected chi connectivity index (χ4v) is 3.19. The van der Waals surface area contributed by atoms with Crippen molar-refractivity contribution in [2.75, 3.05) is 12.4 Å². The smallest absolute Gasteiger partial charge is 0.327 e. The van der Waals surface area contributed by atoms with Gasteiger partial charge in [-0.3, -0.25) is 4.79 Å². The number of nitriles is 1. The van der Waals surface area contributed by atoms with Crippen LogP contribution in [0, 0.1) is 16.7 Å². The highest BCUT2D eigenvalue weighted by molar-refractivity contribution is 7.92. The number of hydrogen-bond donors (Lipinski definition) is 0. The topological polar surface area (TPSA) is 84.2 Å². The Bertz CT molecular complexity index is 408. The summed E-state index contributed by atoms with van der Waals surface area (Å²) in [5.41, 5.74) is -1.44. The van der Waals surface area contributed by atoms with Gasteiger partial charge < -0.3 is 4.74 Å². The SMILES string of the molecule is CCOC(=O)C1(C#N)CC1S(=O)(=O)CC. The zero-order valence-electron chi connectivity index (χ0n) is 8.69. The molecule has 0 aliphatic heterocycles. The zero-order chi connectivity index (χ0) is 11.7. The lowest BCUT2D eigenvalue weighted by atomic mass is 10.1. The molecule has 0 saturated heterocycles. The summed E-state index contributed by atoms with van der Waals surface area (Å²) in [5, 5.41) is 7.99. The third-order valence-electron chi connectivity index (χ3n) is 2.57. The fourth-order valence-electron chi connectivity index (χ4n) is 1.51. The molecule has 1 saturated carbocycles.